The Morgan fingerprint density at radius 1 is 1.10 bits per heavy atom. The van der Waals surface area contributed by atoms with Crippen molar-refractivity contribution in [2.24, 2.45) is 17.8 Å². The molecule has 5 atom stereocenters. The summed E-state index contributed by atoms with van der Waals surface area (Å²) in [5.74, 6) is 1.26. The number of rotatable bonds is 7. The fraction of sp³-hybridized carbons (Fsp3) is 1.00. The summed E-state index contributed by atoms with van der Waals surface area (Å²) in [5, 5.41) is 0. The molecule has 0 saturated carbocycles. The first-order valence-electron chi connectivity index (χ1n) is 7.36. The van der Waals surface area contributed by atoms with E-state index in [0.717, 1.165) is 19.3 Å². The highest BCUT2D eigenvalue weighted by molar-refractivity contribution is 4.84. The normalized spacial score (nSPS) is 30.4. The van der Waals surface area contributed by atoms with E-state index < -0.39 is 0 Å². The molecule has 1 fully saturated rings. The third-order valence-corrected chi connectivity index (χ3v) is 4.50. The number of ether oxygens (including phenoxy) is 4. The first-order valence-corrected chi connectivity index (χ1v) is 7.36. The predicted molar refractivity (Wildman–Crippen MR) is 88.3 cm³/mol. The van der Waals surface area contributed by atoms with E-state index in [1.807, 2.05) is 0 Å². The van der Waals surface area contributed by atoms with Crippen LogP contribution in [0.3, 0.4) is 0 Å². The van der Waals surface area contributed by atoms with Crippen molar-refractivity contribution in [3.8, 4) is 0 Å². The molecule has 1 heterocycles. The van der Waals surface area contributed by atoms with Crippen LogP contribution in [0.5, 0.6) is 0 Å². The van der Waals surface area contributed by atoms with Crippen LogP contribution in [0.2, 0.25) is 0 Å². The van der Waals surface area contributed by atoms with Crippen molar-refractivity contribution in [2.45, 2.75) is 73.6 Å². The molecule has 0 aromatic heterocycles. The molecule has 0 amide bonds. The lowest BCUT2D eigenvalue weighted by Crippen LogP contribution is -2.46. The SMILES string of the molecule is C.C.CCC1CC(C(CC)C(OC)OC)C(C)OC1OC. The van der Waals surface area contributed by atoms with Gasteiger partial charge < -0.3 is 18.9 Å². The zero-order valence-corrected chi connectivity index (χ0v) is 13.2. The standard InChI is InChI=1S/C15H30O4.2CH4/c1-7-11-9-13(10(3)19-14(11)16-4)12(8-2)15(17-5)18-6;;/h10-15H,7-9H2,1-6H3;2*1H4. The second kappa shape index (κ2) is 11.4. The first-order chi connectivity index (χ1) is 9.12. The van der Waals surface area contributed by atoms with Gasteiger partial charge >= 0.3 is 0 Å². The maximum Gasteiger partial charge on any atom is 0.160 e. The zero-order chi connectivity index (χ0) is 14.4. The molecule has 1 rings (SSSR count). The van der Waals surface area contributed by atoms with Gasteiger partial charge in [-0.05, 0) is 32.1 Å². The molecule has 0 spiro atoms. The Hall–Kier alpha value is -0.160. The summed E-state index contributed by atoms with van der Waals surface area (Å²) in [7, 11) is 5.14. The van der Waals surface area contributed by atoms with Crippen molar-refractivity contribution < 1.29 is 18.9 Å². The average Bonchev–Trinajstić information content (AvgIpc) is 2.44. The van der Waals surface area contributed by atoms with Gasteiger partial charge in [0.15, 0.2) is 12.6 Å². The van der Waals surface area contributed by atoms with Crippen molar-refractivity contribution >= 4 is 0 Å². The van der Waals surface area contributed by atoms with Gasteiger partial charge in [-0.3, -0.25) is 0 Å². The summed E-state index contributed by atoms with van der Waals surface area (Å²) in [4.78, 5) is 0. The molecule has 0 aromatic carbocycles. The van der Waals surface area contributed by atoms with Crippen LogP contribution in [-0.2, 0) is 18.9 Å². The van der Waals surface area contributed by atoms with Crippen LogP contribution >= 0.6 is 0 Å². The minimum Gasteiger partial charge on any atom is -0.356 e. The van der Waals surface area contributed by atoms with Crippen LogP contribution in [0.4, 0.5) is 0 Å². The van der Waals surface area contributed by atoms with Gasteiger partial charge in [0.1, 0.15) is 0 Å². The molecular weight excluding hydrogens is 268 g/mol. The van der Waals surface area contributed by atoms with Crippen molar-refractivity contribution in [1.29, 1.82) is 0 Å². The summed E-state index contributed by atoms with van der Waals surface area (Å²) >= 11 is 0. The zero-order valence-electron chi connectivity index (χ0n) is 13.2. The van der Waals surface area contributed by atoms with E-state index in [4.69, 9.17) is 18.9 Å². The molecule has 5 unspecified atom stereocenters. The molecule has 1 aliphatic heterocycles. The van der Waals surface area contributed by atoms with Crippen molar-refractivity contribution in [2.75, 3.05) is 21.3 Å². The smallest absolute Gasteiger partial charge is 0.160 e. The van der Waals surface area contributed by atoms with Gasteiger partial charge in [0.05, 0.1) is 6.10 Å². The van der Waals surface area contributed by atoms with Crippen LogP contribution in [0.1, 0.15) is 54.9 Å². The highest BCUT2D eigenvalue weighted by Crippen LogP contribution is 2.39. The number of hydrogen-bond acceptors (Lipinski definition) is 4. The second-order valence-electron chi connectivity index (χ2n) is 5.43. The molecule has 1 aliphatic rings. The molecular formula is C17H38O4. The quantitative estimate of drug-likeness (QED) is 0.656. The van der Waals surface area contributed by atoms with Crippen molar-refractivity contribution in [3.05, 3.63) is 0 Å². The summed E-state index contributed by atoms with van der Waals surface area (Å²) < 4.78 is 22.4. The molecule has 0 bridgehead atoms. The highest BCUT2D eigenvalue weighted by Gasteiger charge is 2.41. The minimum atomic E-state index is -0.155. The maximum absolute atomic E-state index is 6.04. The van der Waals surface area contributed by atoms with Crippen LogP contribution < -0.4 is 0 Å². The van der Waals surface area contributed by atoms with Crippen molar-refractivity contribution in [1.82, 2.24) is 0 Å². The van der Waals surface area contributed by atoms with E-state index in [-0.39, 0.29) is 33.5 Å². The van der Waals surface area contributed by atoms with Gasteiger partial charge in [-0.25, -0.2) is 0 Å². The third-order valence-electron chi connectivity index (χ3n) is 4.50. The third kappa shape index (κ3) is 5.51. The van der Waals surface area contributed by atoms with Gasteiger partial charge in [0, 0.05) is 33.2 Å². The van der Waals surface area contributed by atoms with E-state index in [0.29, 0.717) is 17.8 Å². The van der Waals surface area contributed by atoms with Gasteiger partial charge in [-0.15, -0.1) is 0 Å². The molecule has 0 N–H and O–H groups in total. The fourth-order valence-electron chi connectivity index (χ4n) is 3.35. The Morgan fingerprint density at radius 2 is 1.67 bits per heavy atom. The van der Waals surface area contributed by atoms with Gasteiger partial charge in [0.25, 0.3) is 0 Å². The van der Waals surface area contributed by atoms with Crippen LogP contribution in [0.25, 0.3) is 0 Å². The molecule has 0 radical (unpaired) electrons. The van der Waals surface area contributed by atoms with E-state index >= 15 is 0 Å². The van der Waals surface area contributed by atoms with E-state index in [2.05, 4.69) is 20.8 Å². The molecule has 1 saturated heterocycles. The van der Waals surface area contributed by atoms with E-state index in [1.54, 1.807) is 21.3 Å². The molecule has 0 aliphatic carbocycles. The molecule has 0 aromatic rings. The molecule has 4 heteroatoms. The first kappa shape index (κ1) is 23.1. The lowest BCUT2D eigenvalue weighted by Gasteiger charge is -2.43. The molecule has 21 heavy (non-hydrogen) atoms. The Kier molecular flexibility index (Phi) is 12.6. The van der Waals surface area contributed by atoms with Crippen LogP contribution in [-0.4, -0.2) is 40.0 Å². The van der Waals surface area contributed by atoms with E-state index in [1.165, 1.54) is 0 Å². The second-order valence-corrected chi connectivity index (χ2v) is 5.43. The predicted octanol–water partition coefficient (Wildman–Crippen LogP) is 4.33. The molecule has 130 valence electrons. The Labute approximate surface area is 132 Å². The fourth-order valence-corrected chi connectivity index (χ4v) is 3.35. The summed E-state index contributed by atoms with van der Waals surface area (Å²) in [6.45, 7) is 6.51. The van der Waals surface area contributed by atoms with Gasteiger partial charge in [-0.2, -0.15) is 0 Å². The van der Waals surface area contributed by atoms with Gasteiger partial charge in [-0.1, -0.05) is 28.7 Å². The largest absolute Gasteiger partial charge is 0.356 e. The van der Waals surface area contributed by atoms with Gasteiger partial charge in [0.2, 0.25) is 0 Å². The lowest BCUT2D eigenvalue weighted by atomic mass is 9.76. The Balaban J connectivity index is 0. The van der Waals surface area contributed by atoms with Crippen molar-refractivity contribution in [3.63, 3.8) is 0 Å². The van der Waals surface area contributed by atoms with Crippen LogP contribution in [0, 0.1) is 17.8 Å². The van der Waals surface area contributed by atoms with Crippen LogP contribution in [0.15, 0.2) is 0 Å². The number of methoxy groups -OCH3 is 3. The summed E-state index contributed by atoms with van der Waals surface area (Å²) in [6.07, 6.45) is 3.15. The molecule has 4 nitrogen and oxygen atoms in total. The Morgan fingerprint density at radius 3 is 2.05 bits per heavy atom. The lowest BCUT2D eigenvalue weighted by molar-refractivity contribution is -0.245. The Bertz CT molecular complexity index is 243. The average molecular weight is 306 g/mol. The van der Waals surface area contributed by atoms with E-state index in [9.17, 15) is 0 Å². The maximum atomic E-state index is 6.04. The summed E-state index contributed by atoms with van der Waals surface area (Å²) in [6, 6.07) is 0. The summed E-state index contributed by atoms with van der Waals surface area (Å²) in [5.41, 5.74) is 0. The topological polar surface area (TPSA) is 36.9 Å². The highest BCUT2D eigenvalue weighted by atomic mass is 16.7. The number of hydrogen-bond donors (Lipinski definition) is 0. The monoisotopic (exact) mass is 306 g/mol. The minimum absolute atomic E-state index is 0.